The van der Waals surface area contributed by atoms with E-state index in [-0.39, 0.29) is 13.2 Å². The van der Waals surface area contributed by atoms with E-state index in [1.807, 2.05) is 12.1 Å². The molecule has 21 heavy (non-hydrogen) atoms. The summed E-state index contributed by atoms with van der Waals surface area (Å²) in [6, 6.07) is 8.49. The van der Waals surface area contributed by atoms with Crippen LogP contribution in [-0.2, 0) is 6.54 Å². The molecule has 0 amide bonds. The molecule has 0 aromatic heterocycles. The fourth-order valence-corrected chi connectivity index (χ4v) is 2.73. The number of hydrogen-bond donors (Lipinski definition) is 2. The van der Waals surface area contributed by atoms with Crippen molar-refractivity contribution in [2.24, 2.45) is 0 Å². The Morgan fingerprint density at radius 3 is 2.57 bits per heavy atom. The first kappa shape index (κ1) is 16.2. The van der Waals surface area contributed by atoms with E-state index in [1.165, 1.54) is 5.56 Å². The van der Waals surface area contributed by atoms with Crippen molar-refractivity contribution >= 4 is 0 Å². The zero-order valence-electron chi connectivity index (χ0n) is 12.7. The molecule has 118 valence electrons. The van der Waals surface area contributed by atoms with Crippen LogP contribution in [0.1, 0.15) is 12.0 Å². The van der Waals surface area contributed by atoms with Crippen LogP contribution in [0.5, 0.6) is 5.75 Å². The number of piperazine rings is 1. The van der Waals surface area contributed by atoms with Crippen molar-refractivity contribution in [2.75, 3.05) is 46.5 Å². The van der Waals surface area contributed by atoms with Gasteiger partial charge in [-0.2, -0.15) is 0 Å². The number of nitrogens with zero attached hydrogens (tertiary/aromatic N) is 2. The van der Waals surface area contributed by atoms with E-state index in [9.17, 15) is 0 Å². The maximum Gasteiger partial charge on any atom is 0.119 e. The topological polar surface area (TPSA) is 56.2 Å². The molecule has 5 nitrogen and oxygen atoms in total. The summed E-state index contributed by atoms with van der Waals surface area (Å²) in [6.07, 6.45) is 0.834. The molecule has 1 aromatic carbocycles. The van der Waals surface area contributed by atoms with Crippen LogP contribution in [0.25, 0.3) is 0 Å². The van der Waals surface area contributed by atoms with Gasteiger partial charge in [-0.25, -0.2) is 0 Å². The summed E-state index contributed by atoms with van der Waals surface area (Å²) in [4.78, 5) is 4.77. The smallest absolute Gasteiger partial charge is 0.119 e. The molecule has 1 saturated heterocycles. The fraction of sp³-hybridized carbons (Fsp3) is 0.625. The van der Waals surface area contributed by atoms with Crippen molar-refractivity contribution in [3.63, 3.8) is 0 Å². The molecule has 1 aromatic rings. The largest absolute Gasteiger partial charge is 0.491 e. The molecular formula is C16H26N2O3. The van der Waals surface area contributed by atoms with Crippen LogP contribution in [0, 0.1) is 0 Å². The summed E-state index contributed by atoms with van der Waals surface area (Å²) >= 11 is 0. The van der Waals surface area contributed by atoms with Gasteiger partial charge in [-0.15, -0.1) is 0 Å². The van der Waals surface area contributed by atoms with Gasteiger partial charge in [-0.3, -0.25) is 4.90 Å². The number of aliphatic hydroxyl groups is 2. The van der Waals surface area contributed by atoms with Crippen molar-refractivity contribution < 1.29 is 14.9 Å². The van der Waals surface area contributed by atoms with Gasteiger partial charge >= 0.3 is 0 Å². The van der Waals surface area contributed by atoms with Crippen LogP contribution in [-0.4, -0.2) is 72.6 Å². The molecule has 2 N–H and O–H groups in total. The summed E-state index contributed by atoms with van der Waals surface area (Å²) in [5.41, 5.74) is 1.26. The SMILES string of the molecule is CN1CCN(Cc2ccc(OCCO)cc2)C[C@@H]1CCO. The van der Waals surface area contributed by atoms with Crippen LogP contribution in [0.4, 0.5) is 0 Å². The van der Waals surface area contributed by atoms with Gasteiger partial charge in [0.05, 0.1) is 6.61 Å². The maximum atomic E-state index is 9.14. The molecule has 0 radical (unpaired) electrons. The third kappa shape index (κ3) is 4.97. The summed E-state index contributed by atoms with van der Waals surface area (Å²) < 4.78 is 5.37. The van der Waals surface area contributed by atoms with Crippen molar-refractivity contribution in [2.45, 2.75) is 19.0 Å². The number of aliphatic hydroxyl groups excluding tert-OH is 2. The highest BCUT2D eigenvalue weighted by molar-refractivity contribution is 5.27. The minimum absolute atomic E-state index is 0.0370. The van der Waals surface area contributed by atoms with Crippen LogP contribution in [0.2, 0.25) is 0 Å². The monoisotopic (exact) mass is 294 g/mol. The fourth-order valence-electron chi connectivity index (χ4n) is 2.73. The van der Waals surface area contributed by atoms with E-state index in [4.69, 9.17) is 14.9 Å². The van der Waals surface area contributed by atoms with Gasteiger partial charge in [0.2, 0.25) is 0 Å². The average molecular weight is 294 g/mol. The highest BCUT2D eigenvalue weighted by Gasteiger charge is 2.23. The highest BCUT2D eigenvalue weighted by Crippen LogP contribution is 2.16. The predicted molar refractivity (Wildman–Crippen MR) is 82.4 cm³/mol. The lowest BCUT2D eigenvalue weighted by Crippen LogP contribution is -2.51. The first-order valence-electron chi connectivity index (χ1n) is 7.59. The molecular weight excluding hydrogens is 268 g/mol. The third-order valence-electron chi connectivity index (χ3n) is 4.01. The predicted octanol–water partition coefficient (Wildman–Crippen LogP) is 0.556. The van der Waals surface area contributed by atoms with Gasteiger partial charge in [0, 0.05) is 38.8 Å². The van der Waals surface area contributed by atoms with Crippen LogP contribution in [0.15, 0.2) is 24.3 Å². The molecule has 1 aliphatic heterocycles. The summed E-state index contributed by atoms with van der Waals surface area (Å²) in [6.45, 7) is 4.65. The maximum absolute atomic E-state index is 9.14. The van der Waals surface area contributed by atoms with E-state index in [2.05, 4.69) is 29.0 Å². The van der Waals surface area contributed by atoms with E-state index in [1.54, 1.807) is 0 Å². The van der Waals surface area contributed by atoms with Crippen molar-refractivity contribution in [3.8, 4) is 5.75 Å². The van der Waals surface area contributed by atoms with Crippen molar-refractivity contribution in [1.29, 1.82) is 0 Å². The van der Waals surface area contributed by atoms with Crippen molar-refractivity contribution in [3.05, 3.63) is 29.8 Å². The Morgan fingerprint density at radius 1 is 1.14 bits per heavy atom. The van der Waals surface area contributed by atoms with E-state index in [0.717, 1.165) is 38.3 Å². The average Bonchev–Trinajstić information content (AvgIpc) is 2.50. The van der Waals surface area contributed by atoms with Crippen LogP contribution >= 0.6 is 0 Å². The molecule has 1 atom stereocenters. The lowest BCUT2D eigenvalue weighted by molar-refractivity contribution is 0.0743. The number of benzene rings is 1. The molecule has 0 saturated carbocycles. The Labute approximate surface area is 126 Å². The van der Waals surface area contributed by atoms with Gasteiger partial charge in [-0.05, 0) is 31.2 Å². The number of rotatable bonds is 7. The molecule has 0 bridgehead atoms. The third-order valence-corrected chi connectivity index (χ3v) is 4.01. The van der Waals surface area contributed by atoms with Gasteiger partial charge in [-0.1, -0.05) is 12.1 Å². The zero-order valence-corrected chi connectivity index (χ0v) is 12.7. The van der Waals surface area contributed by atoms with E-state index >= 15 is 0 Å². The summed E-state index contributed by atoms with van der Waals surface area (Å²) in [5, 5.41) is 17.9. The Kier molecular flexibility index (Phi) is 6.45. The zero-order chi connectivity index (χ0) is 15.1. The lowest BCUT2D eigenvalue weighted by atomic mass is 10.1. The Bertz CT molecular complexity index is 410. The Hall–Kier alpha value is -1.14. The minimum atomic E-state index is 0.0370. The molecule has 0 unspecified atom stereocenters. The van der Waals surface area contributed by atoms with Gasteiger partial charge < -0.3 is 19.8 Å². The molecule has 0 spiro atoms. The second-order valence-corrected chi connectivity index (χ2v) is 5.60. The van der Waals surface area contributed by atoms with E-state index < -0.39 is 0 Å². The highest BCUT2D eigenvalue weighted by atomic mass is 16.5. The summed E-state index contributed by atoms with van der Waals surface area (Å²) in [7, 11) is 2.13. The number of ether oxygens (including phenoxy) is 1. The Balaban J connectivity index is 1.86. The molecule has 1 heterocycles. The van der Waals surface area contributed by atoms with Gasteiger partial charge in [0.15, 0.2) is 0 Å². The second kappa shape index (κ2) is 8.34. The first-order chi connectivity index (χ1) is 10.2. The van der Waals surface area contributed by atoms with Crippen molar-refractivity contribution in [1.82, 2.24) is 9.80 Å². The Morgan fingerprint density at radius 2 is 1.90 bits per heavy atom. The van der Waals surface area contributed by atoms with E-state index in [0.29, 0.717) is 12.6 Å². The van der Waals surface area contributed by atoms with Crippen LogP contribution in [0.3, 0.4) is 0 Å². The van der Waals surface area contributed by atoms with Crippen LogP contribution < -0.4 is 4.74 Å². The minimum Gasteiger partial charge on any atom is -0.491 e. The molecule has 1 fully saturated rings. The summed E-state index contributed by atoms with van der Waals surface area (Å²) in [5.74, 6) is 0.796. The second-order valence-electron chi connectivity index (χ2n) is 5.60. The quantitative estimate of drug-likeness (QED) is 0.769. The number of likely N-dealkylation sites (N-methyl/N-ethyl adjacent to an activating group) is 1. The molecule has 2 rings (SSSR count). The normalized spacial score (nSPS) is 20.6. The molecule has 1 aliphatic rings. The number of hydrogen-bond acceptors (Lipinski definition) is 5. The molecule has 5 heteroatoms. The first-order valence-corrected chi connectivity index (χ1v) is 7.59. The van der Waals surface area contributed by atoms with Gasteiger partial charge in [0.25, 0.3) is 0 Å². The van der Waals surface area contributed by atoms with Gasteiger partial charge in [0.1, 0.15) is 12.4 Å². The standard InChI is InChI=1S/C16H26N2O3/c1-17-7-8-18(13-15(17)6-9-19)12-14-2-4-16(5-3-14)21-11-10-20/h2-5,15,19-20H,6-13H2,1H3/t15-/m0/s1. The molecule has 0 aliphatic carbocycles. The lowest BCUT2D eigenvalue weighted by Gasteiger charge is -2.39.